The van der Waals surface area contributed by atoms with Gasteiger partial charge in [-0.05, 0) is 38.7 Å². The first-order valence-corrected chi connectivity index (χ1v) is 13.8. The van der Waals surface area contributed by atoms with Crippen LogP contribution in [0.25, 0.3) is 10.2 Å². The highest BCUT2D eigenvalue weighted by atomic mass is 32.2. The number of thiophene rings is 1. The van der Waals surface area contributed by atoms with Crippen molar-refractivity contribution in [2.75, 3.05) is 13.1 Å². The Hall–Kier alpha value is -2.77. The van der Waals surface area contributed by atoms with Crippen LogP contribution in [0, 0.1) is 0 Å². The standard InChI is InChI=1S/C22H28N6O5S2/c1-14(29)26-8-4-16(5-9-26)28-20-17(10-18(34-20)35(32,33)24-22(2)6-7-22)19(30)27(21(28)31)13-15-11-23-25(3)12-15/h10-12,16,24H,4-9,13H2,1-3H3. The van der Waals surface area contributed by atoms with Gasteiger partial charge < -0.3 is 4.90 Å². The fourth-order valence-electron chi connectivity index (χ4n) is 4.57. The molecule has 1 saturated carbocycles. The van der Waals surface area contributed by atoms with E-state index in [4.69, 9.17) is 0 Å². The molecule has 1 N–H and O–H groups in total. The number of sulfonamides is 1. The minimum Gasteiger partial charge on any atom is -0.343 e. The van der Waals surface area contributed by atoms with Gasteiger partial charge in [0.25, 0.3) is 15.6 Å². The Morgan fingerprint density at radius 2 is 1.94 bits per heavy atom. The number of likely N-dealkylation sites (tertiary alicyclic amines) is 1. The van der Waals surface area contributed by atoms with Gasteiger partial charge in [0, 0.05) is 50.4 Å². The number of aryl methyl sites for hydroxylation is 1. The lowest BCUT2D eigenvalue weighted by Gasteiger charge is -2.32. The summed E-state index contributed by atoms with van der Waals surface area (Å²) in [5.74, 6) is -0.0216. The molecule has 0 unspecified atom stereocenters. The molecule has 3 aromatic rings. The van der Waals surface area contributed by atoms with E-state index in [-0.39, 0.29) is 28.1 Å². The van der Waals surface area contributed by atoms with Crippen LogP contribution in [-0.4, -0.2) is 56.8 Å². The number of hydrogen-bond donors (Lipinski definition) is 1. The maximum absolute atomic E-state index is 13.7. The van der Waals surface area contributed by atoms with Crippen molar-refractivity contribution >= 4 is 37.5 Å². The van der Waals surface area contributed by atoms with Crippen molar-refractivity contribution in [2.24, 2.45) is 7.05 Å². The van der Waals surface area contributed by atoms with Gasteiger partial charge in [0.15, 0.2) is 0 Å². The van der Waals surface area contributed by atoms with Crippen molar-refractivity contribution in [1.82, 2.24) is 28.5 Å². The van der Waals surface area contributed by atoms with Crippen LogP contribution in [0.3, 0.4) is 0 Å². The number of nitrogens with one attached hydrogen (secondary N) is 1. The molecule has 0 radical (unpaired) electrons. The van der Waals surface area contributed by atoms with Crippen molar-refractivity contribution in [3.8, 4) is 0 Å². The molecule has 1 amide bonds. The van der Waals surface area contributed by atoms with Crippen LogP contribution in [0.2, 0.25) is 0 Å². The summed E-state index contributed by atoms with van der Waals surface area (Å²) in [4.78, 5) is 41.0. The highest BCUT2D eigenvalue weighted by Crippen LogP contribution is 2.38. The third kappa shape index (κ3) is 4.47. The Labute approximate surface area is 206 Å². The Kier molecular flexibility index (Phi) is 5.76. The quantitative estimate of drug-likeness (QED) is 0.517. The first-order chi connectivity index (χ1) is 16.5. The third-order valence-corrected chi connectivity index (χ3v) is 10.1. The summed E-state index contributed by atoms with van der Waals surface area (Å²) in [7, 11) is -2.09. The zero-order valence-electron chi connectivity index (χ0n) is 19.9. The van der Waals surface area contributed by atoms with Crippen molar-refractivity contribution < 1.29 is 13.2 Å². The van der Waals surface area contributed by atoms with Crippen LogP contribution in [0.4, 0.5) is 0 Å². The molecule has 13 heteroatoms. The molecule has 3 aromatic heterocycles. The average Bonchev–Trinajstić information content (AvgIpc) is 3.17. The summed E-state index contributed by atoms with van der Waals surface area (Å²) < 4.78 is 33.2. The van der Waals surface area contributed by atoms with Gasteiger partial charge in [-0.3, -0.25) is 23.4 Å². The van der Waals surface area contributed by atoms with Gasteiger partial charge >= 0.3 is 5.69 Å². The molecule has 35 heavy (non-hydrogen) atoms. The molecule has 5 rings (SSSR count). The minimum atomic E-state index is -3.84. The third-order valence-electron chi connectivity index (χ3n) is 6.84. The summed E-state index contributed by atoms with van der Waals surface area (Å²) >= 11 is 0.950. The summed E-state index contributed by atoms with van der Waals surface area (Å²) in [5, 5.41) is 4.32. The van der Waals surface area contributed by atoms with Crippen molar-refractivity contribution in [2.45, 2.75) is 61.9 Å². The van der Waals surface area contributed by atoms with Gasteiger partial charge in [-0.1, -0.05) is 0 Å². The van der Waals surface area contributed by atoms with E-state index in [0.717, 1.165) is 28.7 Å². The topological polar surface area (TPSA) is 128 Å². The van der Waals surface area contributed by atoms with E-state index in [1.165, 1.54) is 13.0 Å². The number of aromatic nitrogens is 4. The van der Waals surface area contributed by atoms with Crippen molar-refractivity contribution in [3.05, 3.63) is 44.9 Å². The lowest BCUT2D eigenvalue weighted by atomic mass is 10.0. The lowest BCUT2D eigenvalue weighted by Crippen LogP contribution is -2.44. The first kappa shape index (κ1) is 23.9. The summed E-state index contributed by atoms with van der Waals surface area (Å²) in [6.45, 7) is 4.38. The number of piperidine rings is 1. The van der Waals surface area contributed by atoms with E-state index in [0.29, 0.717) is 36.3 Å². The van der Waals surface area contributed by atoms with E-state index in [1.807, 2.05) is 6.92 Å². The van der Waals surface area contributed by atoms with Gasteiger partial charge in [-0.25, -0.2) is 17.9 Å². The zero-order chi connectivity index (χ0) is 25.1. The second-order valence-corrected chi connectivity index (χ2v) is 12.7. The number of carbonyl (C=O) groups excluding carboxylic acids is 1. The Bertz CT molecular complexity index is 1530. The van der Waals surface area contributed by atoms with Gasteiger partial charge in [-0.15, -0.1) is 11.3 Å². The molecule has 188 valence electrons. The summed E-state index contributed by atoms with van der Waals surface area (Å²) in [6, 6.07) is 1.13. The van der Waals surface area contributed by atoms with Crippen molar-refractivity contribution in [3.63, 3.8) is 0 Å². The van der Waals surface area contributed by atoms with Crippen LogP contribution >= 0.6 is 11.3 Å². The lowest BCUT2D eigenvalue weighted by molar-refractivity contribution is -0.130. The average molecular weight is 521 g/mol. The molecule has 0 spiro atoms. The number of rotatable bonds is 6. The largest absolute Gasteiger partial charge is 0.343 e. The maximum atomic E-state index is 13.7. The molecule has 0 bridgehead atoms. The molecule has 11 nitrogen and oxygen atoms in total. The molecular formula is C22H28N6O5S2. The van der Waals surface area contributed by atoms with Crippen LogP contribution in [0.15, 0.2) is 32.3 Å². The normalized spacial score (nSPS) is 18.3. The number of amides is 1. The Morgan fingerprint density at radius 1 is 1.26 bits per heavy atom. The SMILES string of the molecule is CC(=O)N1CCC(n2c(=O)n(Cc3cnn(C)c3)c(=O)c3cc(S(=O)(=O)NC4(C)CC4)sc32)CC1. The Balaban J connectivity index is 1.65. The maximum Gasteiger partial charge on any atom is 0.332 e. The Morgan fingerprint density at radius 3 is 2.51 bits per heavy atom. The molecule has 2 aliphatic rings. The van der Waals surface area contributed by atoms with Gasteiger partial charge in [0.1, 0.15) is 9.04 Å². The molecule has 1 aliphatic heterocycles. The van der Waals surface area contributed by atoms with Crippen LogP contribution < -0.4 is 16.0 Å². The first-order valence-electron chi connectivity index (χ1n) is 11.5. The fraction of sp³-hybridized carbons (Fsp3) is 0.545. The predicted octanol–water partition coefficient (Wildman–Crippen LogP) is 1.02. The van der Waals surface area contributed by atoms with Crippen molar-refractivity contribution in [1.29, 1.82) is 0 Å². The molecule has 0 aromatic carbocycles. The van der Waals surface area contributed by atoms with Gasteiger partial charge in [0.2, 0.25) is 5.91 Å². The van der Waals surface area contributed by atoms with E-state index in [9.17, 15) is 22.8 Å². The highest BCUT2D eigenvalue weighted by Gasteiger charge is 2.42. The molecular weight excluding hydrogens is 492 g/mol. The predicted molar refractivity (Wildman–Crippen MR) is 131 cm³/mol. The van der Waals surface area contributed by atoms with Crippen LogP contribution in [0.1, 0.15) is 51.1 Å². The molecule has 1 saturated heterocycles. The summed E-state index contributed by atoms with van der Waals surface area (Å²) in [5.41, 5.74) is -0.785. The number of hydrogen-bond acceptors (Lipinski definition) is 7. The van der Waals surface area contributed by atoms with E-state index < -0.39 is 26.8 Å². The molecule has 1 aliphatic carbocycles. The van der Waals surface area contributed by atoms with Crippen LogP contribution in [-0.2, 0) is 28.4 Å². The molecule has 4 heterocycles. The molecule has 2 fully saturated rings. The minimum absolute atomic E-state index is 0.0196. The fourth-order valence-corrected chi connectivity index (χ4v) is 7.55. The van der Waals surface area contributed by atoms with Gasteiger partial charge in [-0.2, -0.15) is 5.10 Å². The van der Waals surface area contributed by atoms with E-state index >= 15 is 0 Å². The summed E-state index contributed by atoms with van der Waals surface area (Å²) in [6.07, 6.45) is 5.92. The highest BCUT2D eigenvalue weighted by molar-refractivity contribution is 7.91. The second-order valence-electron chi connectivity index (χ2n) is 9.75. The van der Waals surface area contributed by atoms with E-state index in [1.54, 1.807) is 33.6 Å². The van der Waals surface area contributed by atoms with Gasteiger partial charge in [0.05, 0.1) is 18.1 Å². The van der Waals surface area contributed by atoms with E-state index in [2.05, 4.69) is 9.82 Å². The zero-order valence-corrected chi connectivity index (χ0v) is 21.5. The monoisotopic (exact) mass is 520 g/mol. The molecule has 0 atom stereocenters. The second kappa shape index (κ2) is 8.42. The number of nitrogens with zero attached hydrogens (tertiary/aromatic N) is 5. The van der Waals surface area contributed by atoms with Crippen LogP contribution in [0.5, 0.6) is 0 Å². The number of carbonyl (C=O) groups is 1. The smallest absolute Gasteiger partial charge is 0.332 e. The number of fused-ring (bicyclic) bond motifs is 1.